The van der Waals surface area contributed by atoms with Crippen LogP contribution >= 0.6 is 11.6 Å². The van der Waals surface area contributed by atoms with E-state index in [2.05, 4.69) is 15.4 Å². The molecule has 0 atom stereocenters. The first-order valence-corrected chi connectivity index (χ1v) is 10.1. The highest BCUT2D eigenvalue weighted by molar-refractivity contribution is 7.89. The minimum atomic E-state index is -3.70. The van der Waals surface area contributed by atoms with Gasteiger partial charge in [0.1, 0.15) is 10.8 Å². The van der Waals surface area contributed by atoms with Crippen molar-refractivity contribution in [2.24, 2.45) is 5.14 Å². The zero-order chi connectivity index (χ0) is 19.2. The maximum Gasteiger partial charge on any atom is 0.238 e. The Bertz CT molecular complexity index is 1270. The van der Waals surface area contributed by atoms with E-state index in [1.165, 1.54) is 12.1 Å². The van der Waals surface area contributed by atoms with Gasteiger partial charge in [0, 0.05) is 11.9 Å². The number of nitrogens with zero attached hydrogens (tertiary/aromatic N) is 3. The van der Waals surface area contributed by atoms with Gasteiger partial charge in [0.15, 0.2) is 5.65 Å². The third-order valence-electron chi connectivity index (χ3n) is 4.28. The smallest absolute Gasteiger partial charge is 0.238 e. The number of benzene rings is 2. The van der Waals surface area contributed by atoms with Crippen LogP contribution in [0.1, 0.15) is 11.3 Å². The highest BCUT2D eigenvalue weighted by atomic mass is 35.5. The standard InChI is InChI=1S/C18H16ClN5O2S/c1-11-16(19)18-22-17(14-4-2-3-5-15(14)24(18)23-11)21-10-12-6-8-13(9-7-12)27(20,25)26/h2-9H,10H2,1H3,(H,21,22)(H2,20,25,26). The molecule has 2 aromatic carbocycles. The Kier molecular flexibility index (Phi) is 4.26. The van der Waals surface area contributed by atoms with E-state index in [1.807, 2.05) is 31.2 Å². The fourth-order valence-corrected chi connectivity index (χ4v) is 3.58. The van der Waals surface area contributed by atoms with E-state index < -0.39 is 10.0 Å². The maximum absolute atomic E-state index is 11.4. The van der Waals surface area contributed by atoms with Gasteiger partial charge in [-0.25, -0.2) is 23.1 Å². The number of halogens is 1. The number of aryl methyl sites for hydroxylation is 1. The maximum atomic E-state index is 11.4. The van der Waals surface area contributed by atoms with Crippen molar-refractivity contribution in [3.8, 4) is 0 Å². The van der Waals surface area contributed by atoms with Crippen molar-refractivity contribution in [3.63, 3.8) is 0 Å². The number of aromatic nitrogens is 3. The van der Waals surface area contributed by atoms with E-state index in [-0.39, 0.29) is 4.90 Å². The lowest BCUT2D eigenvalue weighted by Gasteiger charge is -2.11. The van der Waals surface area contributed by atoms with Gasteiger partial charge >= 0.3 is 0 Å². The van der Waals surface area contributed by atoms with Crippen molar-refractivity contribution < 1.29 is 8.42 Å². The summed E-state index contributed by atoms with van der Waals surface area (Å²) in [5, 5.41) is 14.3. The number of sulfonamides is 1. The molecule has 0 aliphatic rings. The zero-order valence-corrected chi connectivity index (χ0v) is 15.9. The van der Waals surface area contributed by atoms with Gasteiger partial charge in [-0.2, -0.15) is 5.10 Å². The van der Waals surface area contributed by atoms with Crippen molar-refractivity contribution in [2.75, 3.05) is 5.32 Å². The summed E-state index contributed by atoms with van der Waals surface area (Å²) in [5.74, 6) is 0.676. The Balaban J connectivity index is 1.72. The number of primary sulfonamides is 1. The summed E-state index contributed by atoms with van der Waals surface area (Å²) in [4.78, 5) is 4.72. The SMILES string of the molecule is Cc1nn2c(nc(NCc3ccc(S(N)(=O)=O)cc3)c3ccccc32)c1Cl. The van der Waals surface area contributed by atoms with E-state index in [9.17, 15) is 8.42 Å². The average Bonchev–Trinajstić information content (AvgIpc) is 2.94. The van der Waals surface area contributed by atoms with Crippen LogP contribution in [0, 0.1) is 6.92 Å². The molecular formula is C18H16ClN5O2S. The molecule has 0 spiro atoms. The largest absolute Gasteiger partial charge is 0.365 e. The van der Waals surface area contributed by atoms with Gasteiger partial charge in [-0.3, -0.25) is 0 Å². The Morgan fingerprint density at radius 3 is 2.56 bits per heavy atom. The van der Waals surface area contributed by atoms with Crippen molar-refractivity contribution in [1.82, 2.24) is 14.6 Å². The first-order chi connectivity index (χ1) is 12.8. The minimum Gasteiger partial charge on any atom is -0.365 e. The van der Waals surface area contributed by atoms with Gasteiger partial charge in [-0.15, -0.1) is 0 Å². The van der Waals surface area contributed by atoms with Crippen molar-refractivity contribution in [2.45, 2.75) is 18.4 Å². The average molecular weight is 402 g/mol. The van der Waals surface area contributed by atoms with Gasteiger partial charge in [0.05, 0.1) is 16.1 Å². The highest BCUT2D eigenvalue weighted by Crippen LogP contribution is 2.28. The molecule has 0 amide bonds. The third kappa shape index (κ3) is 3.23. The van der Waals surface area contributed by atoms with Crippen LogP contribution in [0.4, 0.5) is 5.82 Å². The number of para-hydroxylation sites is 1. The Hall–Kier alpha value is -2.68. The number of nitrogens with two attached hydrogens (primary N) is 1. The van der Waals surface area contributed by atoms with E-state index >= 15 is 0 Å². The Labute approximate surface area is 160 Å². The summed E-state index contributed by atoms with van der Waals surface area (Å²) in [5.41, 5.74) is 3.08. The van der Waals surface area contributed by atoms with E-state index in [0.29, 0.717) is 28.7 Å². The first kappa shape index (κ1) is 17.7. The molecule has 0 aliphatic heterocycles. The van der Waals surface area contributed by atoms with E-state index in [4.69, 9.17) is 16.7 Å². The van der Waals surface area contributed by atoms with Crippen LogP contribution in [0.5, 0.6) is 0 Å². The summed E-state index contributed by atoms with van der Waals surface area (Å²) in [6.45, 7) is 2.30. The fourth-order valence-electron chi connectivity index (χ4n) is 2.90. The monoisotopic (exact) mass is 401 g/mol. The van der Waals surface area contributed by atoms with Crippen LogP contribution in [-0.2, 0) is 16.6 Å². The first-order valence-electron chi connectivity index (χ1n) is 8.14. The molecular weight excluding hydrogens is 386 g/mol. The summed E-state index contributed by atoms with van der Waals surface area (Å²) in [6, 6.07) is 14.2. The van der Waals surface area contributed by atoms with Crippen molar-refractivity contribution in [3.05, 3.63) is 64.8 Å². The second-order valence-electron chi connectivity index (χ2n) is 6.15. The summed E-state index contributed by atoms with van der Waals surface area (Å²) in [6.07, 6.45) is 0. The van der Waals surface area contributed by atoms with Crippen LogP contribution in [0.3, 0.4) is 0 Å². The predicted molar refractivity (Wildman–Crippen MR) is 105 cm³/mol. The van der Waals surface area contributed by atoms with Crippen LogP contribution < -0.4 is 10.5 Å². The number of rotatable bonds is 4. The molecule has 0 bridgehead atoms. The molecule has 0 radical (unpaired) electrons. The Morgan fingerprint density at radius 1 is 1.15 bits per heavy atom. The summed E-state index contributed by atoms with van der Waals surface area (Å²) < 4.78 is 24.5. The molecule has 0 aliphatic carbocycles. The number of hydrogen-bond acceptors (Lipinski definition) is 5. The lowest BCUT2D eigenvalue weighted by atomic mass is 10.2. The van der Waals surface area contributed by atoms with E-state index in [1.54, 1.807) is 16.6 Å². The van der Waals surface area contributed by atoms with Crippen molar-refractivity contribution >= 4 is 44.0 Å². The topological polar surface area (TPSA) is 102 Å². The fraction of sp³-hybridized carbons (Fsp3) is 0.111. The molecule has 9 heteroatoms. The van der Waals surface area contributed by atoms with Gasteiger partial charge in [0.25, 0.3) is 0 Å². The van der Waals surface area contributed by atoms with Gasteiger partial charge in [0.2, 0.25) is 10.0 Å². The molecule has 0 saturated carbocycles. The molecule has 2 heterocycles. The number of anilines is 1. The third-order valence-corrected chi connectivity index (χ3v) is 5.65. The molecule has 138 valence electrons. The second-order valence-corrected chi connectivity index (χ2v) is 8.09. The molecule has 7 nitrogen and oxygen atoms in total. The van der Waals surface area contributed by atoms with Gasteiger partial charge < -0.3 is 5.32 Å². The molecule has 0 fully saturated rings. The van der Waals surface area contributed by atoms with Gasteiger partial charge in [-0.05, 0) is 36.8 Å². The molecule has 3 N–H and O–H groups in total. The zero-order valence-electron chi connectivity index (χ0n) is 14.3. The predicted octanol–water partition coefficient (Wildman–Crippen LogP) is 3.10. The summed E-state index contributed by atoms with van der Waals surface area (Å²) >= 11 is 6.35. The molecule has 27 heavy (non-hydrogen) atoms. The molecule has 0 saturated heterocycles. The molecule has 0 unspecified atom stereocenters. The minimum absolute atomic E-state index is 0.0813. The van der Waals surface area contributed by atoms with Crippen LogP contribution in [0.15, 0.2) is 53.4 Å². The number of hydrogen-bond donors (Lipinski definition) is 2. The number of nitrogens with one attached hydrogen (secondary N) is 1. The molecule has 4 aromatic rings. The summed E-state index contributed by atoms with van der Waals surface area (Å²) in [7, 11) is -3.70. The lowest BCUT2D eigenvalue weighted by molar-refractivity contribution is 0.598. The van der Waals surface area contributed by atoms with Crippen LogP contribution in [0.2, 0.25) is 5.02 Å². The van der Waals surface area contributed by atoms with Crippen molar-refractivity contribution in [1.29, 1.82) is 0 Å². The normalized spacial score (nSPS) is 12.0. The lowest BCUT2D eigenvalue weighted by Crippen LogP contribution is -2.12. The Morgan fingerprint density at radius 2 is 1.85 bits per heavy atom. The quantitative estimate of drug-likeness (QED) is 0.547. The number of fused-ring (bicyclic) bond motifs is 3. The van der Waals surface area contributed by atoms with Gasteiger partial charge in [-0.1, -0.05) is 35.9 Å². The molecule has 4 rings (SSSR count). The van der Waals surface area contributed by atoms with E-state index in [0.717, 1.165) is 16.5 Å². The highest BCUT2D eigenvalue weighted by Gasteiger charge is 2.14. The molecule has 2 aromatic heterocycles. The van der Waals surface area contributed by atoms with Crippen LogP contribution in [-0.4, -0.2) is 23.0 Å². The second kappa shape index (κ2) is 6.49. The van der Waals surface area contributed by atoms with Crippen LogP contribution in [0.25, 0.3) is 16.6 Å².